The predicted molar refractivity (Wildman–Crippen MR) is 84.3 cm³/mol. The Labute approximate surface area is 125 Å². The minimum Gasteiger partial charge on any atom is -0.367 e. The molecule has 0 aliphatic heterocycles. The summed E-state index contributed by atoms with van der Waals surface area (Å²) in [6.45, 7) is 4.45. The van der Waals surface area contributed by atoms with E-state index in [0.29, 0.717) is 13.0 Å². The highest BCUT2D eigenvalue weighted by atomic mass is 19.1. The first-order valence-electron chi connectivity index (χ1n) is 7.00. The molecular weight excluding hydrogens is 265 g/mol. The van der Waals surface area contributed by atoms with Gasteiger partial charge in [0, 0.05) is 19.2 Å². The molecule has 0 N–H and O–H groups in total. The molecule has 21 heavy (non-hydrogen) atoms. The van der Waals surface area contributed by atoms with Gasteiger partial charge in [-0.25, -0.2) is 4.39 Å². The quantitative estimate of drug-likeness (QED) is 0.835. The molecule has 0 aliphatic carbocycles. The molecular formula is C18H20FNO. The summed E-state index contributed by atoms with van der Waals surface area (Å²) in [4.78, 5) is 14.1. The summed E-state index contributed by atoms with van der Waals surface area (Å²) in [6.07, 6.45) is 0.329. The first-order valence-corrected chi connectivity index (χ1v) is 7.00. The number of carbonyl (C=O) groups is 1. The third-order valence-corrected chi connectivity index (χ3v) is 3.49. The zero-order chi connectivity index (χ0) is 15.4. The van der Waals surface area contributed by atoms with Crippen molar-refractivity contribution >= 4 is 11.5 Å². The number of ketones is 1. The van der Waals surface area contributed by atoms with Gasteiger partial charge in [-0.15, -0.1) is 0 Å². The Kier molecular flexibility index (Phi) is 4.73. The third kappa shape index (κ3) is 4.15. The van der Waals surface area contributed by atoms with Crippen molar-refractivity contribution in [3.8, 4) is 0 Å². The van der Waals surface area contributed by atoms with Crippen LogP contribution in [0.5, 0.6) is 0 Å². The monoisotopic (exact) mass is 285 g/mol. The number of hydrogen-bond acceptors (Lipinski definition) is 2. The van der Waals surface area contributed by atoms with Gasteiger partial charge in [0.25, 0.3) is 0 Å². The molecule has 0 aliphatic rings. The Bertz CT molecular complexity index is 634. The lowest BCUT2D eigenvalue weighted by atomic mass is 10.1. The maximum atomic E-state index is 12.8. The molecule has 0 heterocycles. The normalized spacial score (nSPS) is 10.5. The molecule has 0 unspecified atom stereocenters. The zero-order valence-electron chi connectivity index (χ0n) is 12.7. The highest BCUT2D eigenvalue weighted by Crippen LogP contribution is 2.19. The lowest BCUT2D eigenvalue weighted by molar-refractivity contribution is -0.117. The SMILES string of the molecule is Cc1ccc(N(C)CC(=O)Cc2ccc(F)cc2)c(C)c1. The van der Waals surface area contributed by atoms with E-state index in [1.807, 2.05) is 31.0 Å². The van der Waals surface area contributed by atoms with Crippen molar-refractivity contribution < 1.29 is 9.18 Å². The minimum atomic E-state index is -0.279. The van der Waals surface area contributed by atoms with Crippen molar-refractivity contribution in [2.45, 2.75) is 20.3 Å². The van der Waals surface area contributed by atoms with Crippen molar-refractivity contribution in [1.82, 2.24) is 0 Å². The van der Waals surface area contributed by atoms with Crippen LogP contribution in [0.1, 0.15) is 16.7 Å². The van der Waals surface area contributed by atoms with Gasteiger partial charge in [0.1, 0.15) is 5.82 Å². The molecule has 0 aromatic heterocycles. The standard InChI is InChI=1S/C18H20FNO/c1-13-4-9-18(14(2)10-13)20(3)12-17(21)11-15-5-7-16(19)8-6-15/h4-10H,11-12H2,1-3H3. The van der Waals surface area contributed by atoms with Gasteiger partial charge in [0.05, 0.1) is 6.54 Å². The van der Waals surface area contributed by atoms with Crippen molar-refractivity contribution in [2.24, 2.45) is 0 Å². The number of carbonyl (C=O) groups excluding carboxylic acids is 1. The van der Waals surface area contributed by atoms with Gasteiger partial charge in [-0.1, -0.05) is 29.8 Å². The molecule has 0 amide bonds. The van der Waals surface area contributed by atoms with Gasteiger partial charge in [-0.2, -0.15) is 0 Å². The second kappa shape index (κ2) is 6.53. The van der Waals surface area contributed by atoms with Crippen LogP contribution in [0.4, 0.5) is 10.1 Å². The van der Waals surface area contributed by atoms with Crippen LogP contribution in [0.2, 0.25) is 0 Å². The molecule has 0 bridgehead atoms. The van der Waals surface area contributed by atoms with Crippen LogP contribution in [0, 0.1) is 19.7 Å². The Morgan fingerprint density at radius 3 is 2.38 bits per heavy atom. The van der Waals surface area contributed by atoms with Crippen LogP contribution in [0.15, 0.2) is 42.5 Å². The van der Waals surface area contributed by atoms with E-state index < -0.39 is 0 Å². The van der Waals surface area contributed by atoms with Gasteiger partial charge in [-0.3, -0.25) is 4.79 Å². The number of Topliss-reactive ketones (excluding diaryl/α,β-unsaturated/α-hetero) is 1. The van der Waals surface area contributed by atoms with E-state index in [1.54, 1.807) is 12.1 Å². The fourth-order valence-corrected chi connectivity index (χ4v) is 2.47. The second-order valence-electron chi connectivity index (χ2n) is 5.49. The molecule has 0 spiro atoms. The summed E-state index contributed by atoms with van der Waals surface area (Å²) in [5, 5.41) is 0. The number of aryl methyl sites for hydroxylation is 2. The molecule has 2 aromatic carbocycles. The molecule has 0 saturated carbocycles. The topological polar surface area (TPSA) is 20.3 Å². The highest BCUT2D eigenvalue weighted by molar-refractivity contribution is 5.85. The van der Waals surface area contributed by atoms with Gasteiger partial charge in [-0.05, 0) is 43.2 Å². The van der Waals surface area contributed by atoms with Crippen LogP contribution < -0.4 is 4.90 Å². The predicted octanol–water partition coefficient (Wildman–Crippen LogP) is 3.69. The molecule has 0 radical (unpaired) electrons. The number of anilines is 1. The van der Waals surface area contributed by atoms with Crippen molar-refractivity contribution in [1.29, 1.82) is 0 Å². The number of likely N-dealkylation sites (N-methyl/N-ethyl adjacent to an activating group) is 1. The van der Waals surface area contributed by atoms with Crippen molar-refractivity contribution in [3.63, 3.8) is 0 Å². The van der Waals surface area contributed by atoms with Gasteiger partial charge in [0.15, 0.2) is 5.78 Å². The van der Waals surface area contributed by atoms with Crippen molar-refractivity contribution in [3.05, 3.63) is 65.0 Å². The van der Waals surface area contributed by atoms with Crippen LogP contribution in [0.3, 0.4) is 0 Å². The fraction of sp³-hybridized carbons (Fsp3) is 0.278. The fourth-order valence-electron chi connectivity index (χ4n) is 2.47. The first kappa shape index (κ1) is 15.2. The smallest absolute Gasteiger partial charge is 0.156 e. The first-order chi connectivity index (χ1) is 9.95. The third-order valence-electron chi connectivity index (χ3n) is 3.49. The largest absolute Gasteiger partial charge is 0.367 e. The summed E-state index contributed by atoms with van der Waals surface area (Å²) in [6, 6.07) is 12.3. The van der Waals surface area contributed by atoms with Gasteiger partial charge < -0.3 is 4.90 Å². The number of benzene rings is 2. The number of nitrogens with zero attached hydrogens (tertiary/aromatic N) is 1. The number of halogens is 1. The molecule has 0 fully saturated rings. The Hall–Kier alpha value is -2.16. The van der Waals surface area contributed by atoms with Gasteiger partial charge in [0.2, 0.25) is 0 Å². The van der Waals surface area contributed by atoms with E-state index in [2.05, 4.69) is 13.0 Å². The molecule has 2 aromatic rings. The molecule has 0 saturated heterocycles. The highest BCUT2D eigenvalue weighted by Gasteiger charge is 2.10. The molecule has 2 nitrogen and oxygen atoms in total. The van der Waals surface area contributed by atoms with Crippen molar-refractivity contribution in [2.75, 3.05) is 18.5 Å². The average molecular weight is 285 g/mol. The maximum Gasteiger partial charge on any atom is 0.156 e. The van der Waals surface area contributed by atoms with E-state index in [0.717, 1.165) is 16.8 Å². The Balaban J connectivity index is 2.00. The van der Waals surface area contributed by atoms with E-state index in [-0.39, 0.29) is 11.6 Å². The Morgan fingerprint density at radius 2 is 1.76 bits per heavy atom. The summed E-state index contributed by atoms with van der Waals surface area (Å²) in [5.74, 6) is -0.164. The van der Waals surface area contributed by atoms with E-state index in [1.165, 1.54) is 17.7 Å². The average Bonchev–Trinajstić information content (AvgIpc) is 2.41. The van der Waals surface area contributed by atoms with Crippen LogP contribution in [-0.2, 0) is 11.2 Å². The minimum absolute atomic E-state index is 0.115. The number of rotatable bonds is 5. The van der Waals surface area contributed by atoms with E-state index in [9.17, 15) is 9.18 Å². The van der Waals surface area contributed by atoms with Crippen LogP contribution in [0.25, 0.3) is 0 Å². The number of hydrogen-bond donors (Lipinski definition) is 0. The second-order valence-corrected chi connectivity index (χ2v) is 5.49. The van der Waals surface area contributed by atoms with E-state index >= 15 is 0 Å². The summed E-state index contributed by atoms with van der Waals surface area (Å²) in [7, 11) is 1.92. The van der Waals surface area contributed by atoms with Gasteiger partial charge >= 0.3 is 0 Å². The lowest BCUT2D eigenvalue weighted by Crippen LogP contribution is -2.27. The molecule has 3 heteroatoms. The zero-order valence-corrected chi connectivity index (χ0v) is 12.7. The molecule has 2 rings (SSSR count). The van der Waals surface area contributed by atoms with Crippen LogP contribution >= 0.6 is 0 Å². The van der Waals surface area contributed by atoms with Crippen LogP contribution in [-0.4, -0.2) is 19.4 Å². The summed E-state index contributed by atoms with van der Waals surface area (Å²) < 4.78 is 12.8. The maximum absolute atomic E-state index is 12.8. The summed E-state index contributed by atoms with van der Waals surface area (Å²) in [5.41, 5.74) is 4.28. The summed E-state index contributed by atoms with van der Waals surface area (Å²) >= 11 is 0. The molecule has 0 atom stereocenters. The van der Waals surface area contributed by atoms with E-state index in [4.69, 9.17) is 0 Å². The molecule has 110 valence electrons. The Morgan fingerprint density at radius 1 is 1.10 bits per heavy atom. The lowest BCUT2D eigenvalue weighted by Gasteiger charge is -2.21.